The summed E-state index contributed by atoms with van der Waals surface area (Å²) in [7, 11) is 0. The van der Waals surface area contributed by atoms with Crippen molar-refractivity contribution < 1.29 is 14.9 Å². The number of aromatic hydroxyl groups is 2. The van der Waals surface area contributed by atoms with Gasteiger partial charge in [0, 0.05) is 0 Å². The van der Waals surface area contributed by atoms with Crippen molar-refractivity contribution >= 4 is 35.0 Å². The highest BCUT2D eigenvalue weighted by Crippen LogP contribution is 2.26. The summed E-state index contributed by atoms with van der Waals surface area (Å²) in [6.07, 6.45) is 3.20. The molecule has 0 saturated carbocycles. The molecule has 0 saturated heterocycles. The molecule has 23 heavy (non-hydrogen) atoms. The second kappa shape index (κ2) is 7.96. The average molecular weight is 424 g/mol. The van der Waals surface area contributed by atoms with Crippen LogP contribution >= 0.6 is 22.6 Å². The normalized spacial score (nSPS) is 11.4. The number of phenols is 2. The standard InChI is InChI=1S/C17H17IN2O3/c1-3-23-16-8-12(4-5-15(16)21)9-19-20-10-13-6-11(2)17(22)14(18)7-13/h4-10,21-22H,3H2,1-2H3/b19-9+,20-10+. The van der Waals surface area contributed by atoms with Crippen molar-refractivity contribution in [3.63, 3.8) is 0 Å². The Morgan fingerprint density at radius 3 is 2.43 bits per heavy atom. The number of phenolic OH excluding ortho intramolecular Hbond substituents is 2. The number of nitrogens with zero attached hydrogens (tertiary/aromatic N) is 2. The molecule has 0 amide bonds. The molecule has 0 fully saturated rings. The quantitative estimate of drug-likeness (QED) is 0.435. The van der Waals surface area contributed by atoms with E-state index in [0.29, 0.717) is 18.1 Å². The number of halogens is 1. The second-order valence-corrected chi connectivity index (χ2v) is 5.98. The SMILES string of the molecule is CCOc1cc(/C=N/N=C/c2cc(C)c(O)c(I)c2)ccc1O. The second-order valence-electron chi connectivity index (χ2n) is 4.82. The maximum atomic E-state index is 9.73. The van der Waals surface area contributed by atoms with E-state index in [4.69, 9.17) is 4.74 Å². The molecule has 0 spiro atoms. The zero-order chi connectivity index (χ0) is 16.8. The molecule has 6 heteroatoms. The van der Waals surface area contributed by atoms with Gasteiger partial charge < -0.3 is 14.9 Å². The molecule has 2 aromatic carbocycles. The van der Waals surface area contributed by atoms with E-state index < -0.39 is 0 Å². The summed E-state index contributed by atoms with van der Waals surface area (Å²) < 4.78 is 6.09. The van der Waals surface area contributed by atoms with Gasteiger partial charge in [-0.25, -0.2) is 0 Å². The first-order chi connectivity index (χ1) is 11.0. The molecular formula is C17H17IN2O3. The molecule has 0 aromatic heterocycles. The molecule has 0 atom stereocenters. The van der Waals surface area contributed by atoms with Crippen molar-refractivity contribution in [2.75, 3.05) is 6.61 Å². The van der Waals surface area contributed by atoms with E-state index in [2.05, 4.69) is 32.8 Å². The molecule has 2 aromatic rings. The van der Waals surface area contributed by atoms with Gasteiger partial charge in [0.25, 0.3) is 0 Å². The lowest BCUT2D eigenvalue weighted by molar-refractivity contribution is 0.318. The number of rotatable bonds is 5. The molecule has 0 unspecified atom stereocenters. The fourth-order valence-electron chi connectivity index (χ4n) is 1.92. The van der Waals surface area contributed by atoms with Gasteiger partial charge in [0.2, 0.25) is 0 Å². The van der Waals surface area contributed by atoms with E-state index in [9.17, 15) is 10.2 Å². The minimum absolute atomic E-state index is 0.0987. The topological polar surface area (TPSA) is 74.4 Å². The minimum atomic E-state index is 0.0987. The Bertz CT molecular complexity index is 734. The summed E-state index contributed by atoms with van der Waals surface area (Å²) in [5.74, 6) is 0.810. The molecule has 2 rings (SSSR count). The molecule has 0 bridgehead atoms. The zero-order valence-corrected chi connectivity index (χ0v) is 15.0. The first kappa shape index (κ1) is 17.3. The summed E-state index contributed by atoms with van der Waals surface area (Å²) in [5.41, 5.74) is 2.43. The van der Waals surface area contributed by atoms with E-state index >= 15 is 0 Å². The number of hydrogen-bond donors (Lipinski definition) is 2. The van der Waals surface area contributed by atoms with Gasteiger partial charge in [-0.1, -0.05) is 0 Å². The fourth-order valence-corrected chi connectivity index (χ4v) is 2.70. The van der Waals surface area contributed by atoms with Gasteiger partial charge in [0.15, 0.2) is 11.5 Å². The van der Waals surface area contributed by atoms with Crippen LogP contribution in [0.25, 0.3) is 0 Å². The van der Waals surface area contributed by atoms with Crippen molar-refractivity contribution in [3.05, 3.63) is 50.6 Å². The maximum Gasteiger partial charge on any atom is 0.161 e. The van der Waals surface area contributed by atoms with Crippen molar-refractivity contribution in [2.24, 2.45) is 10.2 Å². The van der Waals surface area contributed by atoms with E-state index in [1.807, 2.05) is 26.0 Å². The molecule has 2 N–H and O–H groups in total. The van der Waals surface area contributed by atoms with E-state index in [0.717, 1.165) is 20.3 Å². The third-order valence-electron chi connectivity index (χ3n) is 3.04. The van der Waals surface area contributed by atoms with Gasteiger partial charge in [-0.2, -0.15) is 10.2 Å². The van der Waals surface area contributed by atoms with Crippen LogP contribution in [0.4, 0.5) is 0 Å². The minimum Gasteiger partial charge on any atom is -0.507 e. The molecule has 0 aliphatic rings. The Kier molecular flexibility index (Phi) is 5.97. The zero-order valence-electron chi connectivity index (χ0n) is 12.8. The van der Waals surface area contributed by atoms with E-state index in [1.54, 1.807) is 30.6 Å². The smallest absolute Gasteiger partial charge is 0.161 e. The summed E-state index contributed by atoms with van der Waals surface area (Å²) in [4.78, 5) is 0. The van der Waals surface area contributed by atoms with Crippen LogP contribution in [0.2, 0.25) is 0 Å². The molecule has 120 valence electrons. The first-order valence-electron chi connectivity index (χ1n) is 7.02. The number of aryl methyl sites for hydroxylation is 1. The van der Waals surface area contributed by atoms with Crippen LogP contribution in [0, 0.1) is 10.5 Å². The number of ether oxygens (including phenoxy) is 1. The van der Waals surface area contributed by atoms with Crippen molar-refractivity contribution in [2.45, 2.75) is 13.8 Å². The van der Waals surface area contributed by atoms with Crippen LogP contribution in [-0.4, -0.2) is 29.2 Å². The lowest BCUT2D eigenvalue weighted by Gasteiger charge is -2.05. The third kappa shape index (κ3) is 4.69. The van der Waals surface area contributed by atoms with Gasteiger partial charge in [-0.05, 0) is 83.5 Å². The fraction of sp³-hybridized carbons (Fsp3) is 0.176. The van der Waals surface area contributed by atoms with Crippen LogP contribution < -0.4 is 4.74 Å². The first-order valence-corrected chi connectivity index (χ1v) is 8.10. The van der Waals surface area contributed by atoms with Crippen LogP contribution in [0.3, 0.4) is 0 Å². The highest BCUT2D eigenvalue weighted by atomic mass is 127. The van der Waals surface area contributed by atoms with Gasteiger partial charge in [0.1, 0.15) is 5.75 Å². The average Bonchev–Trinajstić information content (AvgIpc) is 2.52. The Hall–Kier alpha value is -2.09. The van der Waals surface area contributed by atoms with Crippen molar-refractivity contribution in [1.29, 1.82) is 0 Å². The molecule has 0 radical (unpaired) electrons. The monoisotopic (exact) mass is 424 g/mol. The Labute approximate surface area is 148 Å². The lowest BCUT2D eigenvalue weighted by Crippen LogP contribution is -1.93. The summed E-state index contributed by atoms with van der Waals surface area (Å²) >= 11 is 2.07. The highest BCUT2D eigenvalue weighted by molar-refractivity contribution is 14.1. The maximum absolute atomic E-state index is 9.73. The number of hydrogen-bond acceptors (Lipinski definition) is 5. The predicted molar refractivity (Wildman–Crippen MR) is 100 cm³/mol. The lowest BCUT2D eigenvalue weighted by atomic mass is 10.1. The van der Waals surface area contributed by atoms with Crippen LogP contribution in [0.15, 0.2) is 40.5 Å². The highest BCUT2D eigenvalue weighted by Gasteiger charge is 2.03. The Morgan fingerprint density at radius 2 is 1.78 bits per heavy atom. The summed E-state index contributed by atoms with van der Waals surface area (Å²) in [5, 5.41) is 27.4. The Morgan fingerprint density at radius 1 is 1.09 bits per heavy atom. The molecule has 0 aliphatic heterocycles. The third-order valence-corrected chi connectivity index (χ3v) is 3.86. The van der Waals surface area contributed by atoms with Crippen molar-refractivity contribution in [1.82, 2.24) is 0 Å². The van der Waals surface area contributed by atoms with Gasteiger partial charge >= 0.3 is 0 Å². The molecule has 5 nitrogen and oxygen atoms in total. The molecular weight excluding hydrogens is 407 g/mol. The van der Waals surface area contributed by atoms with Crippen LogP contribution in [-0.2, 0) is 0 Å². The van der Waals surface area contributed by atoms with E-state index in [1.165, 1.54) is 0 Å². The summed E-state index contributed by atoms with van der Waals surface area (Å²) in [6.45, 7) is 4.17. The van der Waals surface area contributed by atoms with Gasteiger partial charge in [0.05, 0.1) is 22.6 Å². The van der Waals surface area contributed by atoms with Crippen LogP contribution in [0.1, 0.15) is 23.6 Å². The van der Waals surface area contributed by atoms with E-state index in [-0.39, 0.29) is 5.75 Å². The number of benzene rings is 2. The Balaban J connectivity index is 2.11. The summed E-state index contributed by atoms with van der Waals surface area (Å²) in [6, 6.07) is 8.65. The largest absolute Gasteiger partial charge is 0.507 e. The van der Waals surface area contributed by atoms with Crippen LogP contribution in [0.5, 0.6) is 17.2 Å². The van der Waals surface area contributed by atoms with Crippen molar-refractivity contribution in [3.8, 4) is 17.2 Å². The predicted octanol–water partition coefficient (Wildman–Crippen LogP) is 3.86. The van der Waals surface area contributed by atoms with Gasteiger partial charge in [-0.3, -0.25) is 0 Å². The molecule has 0 aliphatic carbocycles. The molecule has 0 heterocycles. The van der Waals surface area contributed by atoms with Gasteiger partial charge in [-0.15, -0.1) is 0 Å².